The van der Waals surface area contributed by atoms with Gasteiger partial charge >= 0.3 is 0 Å². The Labute approximate surface area is 122 Å². The number of fused-ring (bicyclic) bond motifs is 1. The van der Waals surface area contributed by atoms with Crippen LogP contribution in [0.1, 0.15) is 23.0 Å². The molecule has 0 radical (unpaired) electrons. The molecule has 1 aromatic carbocycles. The summed E-state index contributed by atoms with van der Waals surface area (Å²) in [4.78, 5) is 9.30. The summed E-state index contributed by atoms with van der Waals surface area (Å²) in [5, 5.41) is 11.1. The van der Waals surface area contributed by atoms with Gasteiger partial charge in [0.05, 0.1) is 6.34 Å². The van der Waals surface area contributed by atoms with E-state index in [2.05, 4.69) is 9.98 Å². The van der Waals surface area contributed by atoms with Gasteiger partial charge in [0.25, 0.3) is 0 Å². The molecule has 5 heteroatoms. The summed E-state index contributed by atoms with van der Waals surface area (Å²) in [6.45, 7) is 2.66. The van der Waals surface area contributed by atoms with Gasteiger partial charge in [-0.3, -0.25) is 0 Å². The van der Waals surface area contributed by atoms with Gasteiger partial charge in [0.15, 0.2) is 6.23 Å². The molecular weight excluding hydrogens is 274 g/mol. The van der Waals surface area contributed by atoms with Gasteiger partial charge in [0, 0.05) is 22.8 Å². The molecule has 4 nitrogen and oxygen atoms in total. The zero-order chi connectivity index (χ0) is 14.1. The quantitative estimate of drug-likeness (QED) is 0.912. The molecule has 0 spiro atoms. The van der Waals surface area contributed by atoms with Crippen molar-refractivity contribution in [3.63, 3.8) is 0 Å². The molecule has 2 N–H and O–H groups in total. The second-order valence-corrected chi connectivity index (χ2v) is 5.43. The van der Waals surface area contributed by atoms with Gasteiger partial charge in [0.1, 0.15) is 5.82 Å². The minimum absolute atomic E-state index is 0.639. The summed E-state index contributed by atoms with van der Waals surface area (Å²) in [6, 6.07) is 9.70. The zero-order valence-corrected chi connectivity index (χ0v) is 11.9. The Kier molecular flexibility index (Phi) is 3.51. The van der Waals surface area contributed by atoms with Crippen molar-refractivity contribution in [3.05, 3.63) is 52.2 Å². The van der Waals surface area contributed by atoms with Crippen LogP contribution in [0.15, 0.2) is 35.3 Å². The van der Waals surface area contributed by atoms with E-state index in [0.29, 0.717) is 6.54 Å². The van der Waals surface area contributed by atoms with E-state index in [1.54, 1.807) is 6.34 Å². The molecule has 0 aliphatic carbocycles. The minimum atomic E-state index is -0.639. The van der Waals surface area contributed by atoms with E-state index in [9.17, 15) is 5.11 Å². The first-order valence-corrected chi connectivity index (χ1v) is 6.93. The Bertz CT molecular complexity index is 633. The smallest absolute Gasteiger partial charge is 0.157 e. The summed E-state index contributed by atoms with van der Waals surface area (Å²) >= 11 is 5.87. The van der Waals surface area contributed by atoms with Crippen LogP contribution in [0.25, 0.3) is 0 Å². The maximum Gasteiger partial charge on any atom is 0.157 e. The summed E-state index contributed by atoms with van der Waals surface area (Å²) in [6.07, 6.45) is 1.89. The average molecular weight is 290 g/mol. The molecule has 0 saturated heterocycles. The lowest BCUT2D eigenvalue weighted by molar-refractivity contribution is 0.0552. The summed E-state index contributed by atoms with van der Waals surface area (Å²) in [5.41, 5.74) is 3.03. The number of aromatic nitrogens is 1. The van der Waals surface area contributed by atoms with Crippen LogP contribution in [0.3, 0.4) is 0 Å². The number of benzene rings is 1. The van der Waals surface area contributed by atoms with Crippen molar-refractivity contribution in [2.75, 3.05) is 6.54 Å². The van der Waals surface area contributed by atoms with Crippen LogP contribution in [-0.2, 0) is 6.42 Å². The molecule has 1 atom stereocenters. The fraction of sp³-hybridized carbons (Fsp3) is 0.267. The number of nitrogens with zero attached hydrogens (tertiary/aromatic N) is 2. The van der Waals surface area contributed by atoms with E-state index in [-0.39, 0.29) is 0 Å². The molecule has 20 heavy (non-hydrogen) atoms. The first-order chi connectivity index (χ1) is 9.63. The molecule has 104 valence electrons. The number of rotatable bonds is 3. The lowest BCUT2D eigenvalue weighted by Gasteiger charge is -2.28. The van der Waals surface area contributed by atoms with Crippen molar-refractivity contribution in [3.8, 4) is 0 Å². The average Bonchev–Trinajstić information content (AvgIpc) is 2.81. The number of aliphatic imine (C=N–C) groups is 1. The highest BCUT2D eigenvalue weighted by atomic mass is 35.5. The number of hydrogen-bond acceptors (Lipinski definition) is 3. The molecule has 0 bridgehead atoms. The van der Waals surface area contributed by atoms with Crippen molar-refractivity contribution < 1.29 is 5.11 Å². The normalized spacial score (nSPS) is 17.4. The highest BCUT2D eigenvalue weighted by molar-refractivity contribution is 6.30. The highest BCUT2D eigenvalue weighted by Crippen LogP contribution is 2.31. The molecule has 1 aromatic heterocycles. The Morgan fingerprint density at radius 1 is 1.35 bits per heavy atom. The third-order valence-corrected chi connectivity index (χ3v) is 3.71. The molecule has 1 aliphatic rings. The standard InChI is InChI=1S/C15H16ClN3O/c1-10-8-13-14(18-10)17-9-19(15(13)20)7-6-11-2-4-12(16)5-3-11/h2-5,8-9,15,18,20H,6-7H2,1H3. The lowest BCUT2D eigenvalue weighted by Crippen LogP contribution is -2.31. The van der Waals surface area contributed by atoms with Crippen LogP contribution in [0, 0.1) is 6.92 Å². The largest absolute Gasteiger partial charge is 0.369 e. The van der Waals surface area contributed by atoms with Crippen molar-refractivity contribution >= 4 is 23.8 Å². The highest BCUT2D eigenvalue weighted by Gasteiger charge is 2.23. The van der Waals surface area contributed by atoms with Crippen molar-refractivity contribution in [1.29, 1.82) is 0 Å². The first kappa shape index (κ1) is 13.2. The Morgan fingerprint density at radius 2 is 2.10 bits per heavy atom. The predicted molar refractivity (Wildman–Crippen MR) is 80.5 cm³/mol. The van der Waals surface area contributed by atoms with Crippen molar-refractivity contribution in [1.82, 2.24) is 9.88 Å². The number of aromatic amines is 1. The van der Waals surface area contributed by atoms with Gasteiger partial charge in [-0.1, -0.05) is 23.7 Å². The number of hydrogen-bond donors (Lipinski definition) is 2. The Morgan fingerprint density at radius 3 is 2.85 bits per heavy atom. The van der Waals surface area contributed by atoms with E-state index in [4.69, 9.17) is 11.6 Å². The number of nitrogens with one attached hydrogen (secondary N) is 1. The third-order valence-electron chi connectivity index (χ3n) is 3.46. The van der Waals surface area contributed by atoms with Crippen molar-refractivity contribution in [2.24, 2.45) is 4.99 Å². The fourth-order valence-corrected chi connectivity index (χ4v) is 2.49. The molecular formula is C15H16ClN3O. The number of H-pyrrole nitrogens is 1. The van der Waals surface area contributed by atoms with Gasteiger partial charge in [-0.05, 0) is 37.1 Å². The van der Waals surface area contributed by atoms with Crippen LogP contribution in [0.2, 0.25) is 5.02 Å². The molecule has 1 aliphatic heterocycles. The SMILES string of the molecule is Cc1cc2c([nH]1)N=CN(CCc1ccc(Cl)cc1)C2O. The van der Waals surface area contributed by atoms with Crippen LogP contribution in [0.4, 0.5) is 5.82 Å². The van der Waals surface area contributed by atoms with Gasteiger partial charge in [0.2, 0.25) is 0 Å². The van der Waals surface area contributed by atoms with Gasteiger partial charge in [-0.2, -0.15) is 0 Å². The summed E-state index contributed by atoms with van der Waals surface area (Å²) in [7, 11) is 0. The fourth-order valence-electron chi connectivity index (χ4n) is 2.36. The van der Waals surface area contributed by atoms with Crippen LogP contribution < -0.4 is 0 Å². The van der Waals surface area contributed by atoms with E-state index >= 15 is 0 Å². The van der Waals surface area contributed by atoms with E-state index in [1.807, 2.05) is 42.2 Å². The van der Waals surface area contributed by atoms with Crippen LogP contribution >= 0.6 is 11.6 Å². The molecule has 0 fully saturated rings. The summed E-state index contributed by atoms with van der Waals surface area (Å²) < 4.78 is 0. The Hall–Kier alpha value is -1.78. The predicted octanol–water partition coefficient (Wildman–Crippen LogP) is 3.19. The first-order valence-electron chi connectivity index (χ1n) is 6.55. The molecule has 2 heterocycles. The molecule has 0 amide bonds. The second kappa shape index (κ2) is 5.31. The maximum absolute atomic E-state index is 10.4. The van der Waals surface area contributed by atoms with Crippen molar-refractivity contribution in [2.45, 2.75) is 19.6 Å². The topological polar surface area (TPSA) is 51.6 Å². The van der Waals surface area contributed by atoms with Gasteiger partial charge in [-0.15, -0.1) is 0 Å². The molecule has 3 rings (SSSR count). The van der Waals surface area contributed by atoms with E-state index in [1.165, 1.54) is 5.56 Å². The summed E-state index contributed by atoms with van der Waals surface area (Å²) in [5.74, 6) is 0.748. The molecule has 2 aromatic rings. The van der Waals surface area contributed by atoms with Crippen LogP contribution in [-0.4, -0.2) is 27.9 Å². The number of aliphatic hydroxyl groups excluding tert-OH is 1. The zero-order valence-electron chi connectivity index (χ0n) is 11.2. The number of aryl methyl sites for hydroxylation is 1. The molecule has 0 saturated carbocycles. The van der Waals surface area contributed by atoms with E-state index < -0.39 is 6.23 Å². The maximum atomic E-state index is 10.4. The van der Waals surface area contributed by atoms with Gasteiger partial charge < -0.3 is 15.0 Å². The monoisotopic (exact) mass is 289 g/mol. The Balaban J connectivity index is 1.68. The second-order valence-electron chi connectivity index (χ2n) is 4.99. The number of aliphatic hydroxyl groups is 1. The van der Waals surface area contributed by atoms with Crippen LogP contribution in [0.5, 0.6) is 0 Å². The third kappa shape index (κ3) is 2.57. The minimum Gasteiger partial charge on any atom is -0.369 e. The van der Waals surface area contributed by atoms with E-state index in [0.717, 1.165) is 28.5 Å². The lowest BCUT2D eigenvalue weighted by atomic mass is 10.1. The van der Waals surface area contributed by atoms with Gasteiger partial charge in [-0.25, -0.2) is 4.99 Å². The number of halogens is 1. The molecule has 1 unspecified atom stereocenters.